The number of rotatable bonds is 2. The molecule has 1 rings (SSSR count). The minimum Gasteiger partial charge on any atom is -0.301 e. The predicted molar refractivity (Wildman–Crippen MR) is 50.9 cm³/mol. The smallest absolute Gasteiger partial charge is 0.142 e. The maximum absolute atomic E-state index is 10.3. The Morgan fingerprint density at radius 2 is 2.33 bits per heavy atom. The third-order valence-electron chi connectivity index (χ3n) is 1.50. The van der Waals surface area contributed by atoms with Gasteiger partial charge in [-0.15, -0.1) is 24.0 Å². The van der Waals surface area contributed by atoms with Crippen LogP contribution in [-0.2, 0) is 4.79 Å². The van der Waals surface area contributed by atoms with Crippen molar-refractivity contribution in [3.63, 3.8) is 0 Å². The average Bonchev–Trinajstić information content (AvgIpc) is 2.04. The van der Waals surface area contributed by atoms with Gasteiger partial charge in [0.25, 0.3) is 0 Å². The monoisotopic (exact) mass is 205 g/mol. The Morgan fingerprint density at radius 3 is 2.83 bits per heavy atom. The van der Waals surface area contributed by atoms with Crippen LogP contribution in [0.1, 0.15) is 16.5 Å². The van der Waals surface area contributed by atoms with Gasteiger partial charge in [0.2, 0.25) is 0 Å². The van der Waals surface area contributed by atoms with E-state index < -0.39 is 5.38 Å². The molecule has 0 fully saturated rings. The van der Waals surface area contributed by atoms with E-state index in [1.807, 2.05) is 13.0 Å². The fraction of sp³-hybridized carbons (Fsp3) is 0.250. The highest BCUT2D eigenvalue weighted by atomic mass is 35.5. The van der Waals surface area contributed by atoms with E-state index in [1.54, 1.807) is 12.4 Å². The van der Waals surface area contributed by atoms with E-state index in [0.717, 1.165) is 11.1 Å². The van der Waals surface area contributed by atoms with Gasteiger partial charge in [0.1, 0.15) is 11.7 Å². The van der Waals surface area contributed by atoms with Crippen LogP contribution in [0.2, 0.25) is 0 Å². The second kappa shape index (κ2) is 5.12. The van der Waals surface area contributed by atoms with Crippen LogP contribution < -0.4 is 0 Å². The average molecular weight is 206 g/mol. The molecule has 1 atom stereocenters. The second-order valence-corrected chi connectivity index (χ2v) is 2.74. The number of alkyl halides is 1. The highest BCUT2D eigenvalue weighted by Crippen LogP contribution is 2.19. The molecular weight excluding hydrogens is 197 g/mol. The van der Waals surface area contributed by atoms with Crippen LogP contribution >= 0.6 is 24.0 Å². The summed E-state index contributed by atoms with van der Waals surface area (Å²) in [6, 6.07) is 1.83. The number of aldehydes is 1. The van der Waals surface area contributed by atoms with Crippen molar-refractivity contribution in [1.29, 1.82) is 0 Å². The fourth-order valence-corrected chi connectivity index (χ4v) is 1.07. The van der Waals surface area contributed by atoms with E-state index in [4.69, 9.17) is 11.6 Å². The molecule has 2 nitrogen and oxygen atoms in total. The molecule has 0 saturated heterocycles. The maximum Gasteiger partial charge on any atom is 0.142 e. The van der Waals surface area contributed by atoms with Gasteiger partial charge in [0.05, 0.1) is 0 Å². The summed E-state index contributed by atoms with van der Waals surface area (Å²) < 4.78 is 0. The lowest BCUT2D eigenvalue weighted by Crippen LogP contribution is -1.95. The quantitative estimate of drug-likeness (QED) is 0.548. The van der Waals surface area contributed by atoms with Crippen molar-refractivity contribution in [1.82, 2.24) is 4.98 Å². The number of hydrogen-bond donors (Lipinski definition) is 0. The molecule has 1 heterocycles. The van der Waals surface area contributed by atoms with Gasteiger partial charge < -0.3 is 4.79 Å². The van der Waals surface area contributed by atoms with Crippen molar-refractivity contribution >= 4 is 30.3 Å². The molecule has 0 aliphatic carbocycles. The predicted octanol–water partition coefficient (Wildman–Crippen LogP) is 2.29. The van der Waals surface area contributed by atoms with Crippen LogP contribution in [0.4, 0.5) is 0 Å². The Hall–Kier alpha value is -0.600. The molecule has 12 heavy (non-hydrogen) atoms. The van der Waals surface area contributed by atoms with E-state index in [-0.39, 0.29) is 12.4 Å². The summed E-state index contributed by atoms with van der Waals surface area (Å²) in [5.74, 6) is 0. The van der Waals surface area contributed by atoms with Crippen LogP contribution in [0.5, 0.6) is 0 Å². The Labute approximate surface area is 82.4 Å². The van der Waals surface area contributed by atoms with Crippen molar-refractivity contribution in [2.75, 3.05) is 0 Å². The molecular formula is C8H9Cl2NO. The molecule has 0 radical (unpaired) electrons. The first-order valence-corrected chi connectivity index (χ1v) is 3.69. The van der Waals surface area contributed by atoms with Crippen molar-refractivity contribution in [2.45, 2.75) is 12.3 Å². The minimum atomic E-state index is -0.566. The molecule has 0 aliphatic heterocycles. The van der Waals surface area contributed by atoms with Crippen molar-refractivity contribution in [2.24, 2.45) is 0 Å². The van der Waals surface area contributed by atoms with Gasteiger partial charge in [-0.05, 0) is 24.1 Å². The number of carbonyl (C=O) groups is 1. The molecule has 4 heteroatoms. The van der Waals surface area contributed by atoms with Gasteiger partial charge in [0.15, 0.2) is 0 Å². The van der Waals surface area contributed by atoms with Crippen LogP contribution in [0.3, 0.4) is 0 Å². The second-order valence-electron chi connectivity index (χ2n) is 2.27. The standard InChI is InChI=1S/C8H8ClNO.ClH/c1-6-2-3-10-4-7(6)8(9)5-11;/h2-5,8H,1H3;1H. The van der Waals surface area contributed by atoms with Gasteiger partial charge in [-0.25, -0.2) is 0 Å². The van der Waals surface area contributed by atoms with Crippen LogP contribution in [0.25, 0.3) is 0 Å². The highest BCUT2D eigenvalue weighted by Gasteiger charge is 2.07. The lowest BCUT2D eigenvalue weighted by Gasteiger charge is -2.03. The number of aromatic nitrogens is 1. The Balaban J connectivity index is 0.00000121. The molecule has 1 unspecified atom stereocenters. The normalized spacial score (nSPS) is 11.5. The molecule has 0 bridgehead atoms. The van der Waals surface area contributed by atoms with E-state index in [2.05, 4.69) is 4.98 Å². The lowest BCUT2D eigenvalue weighted by atomic mass is 10.1. The summed E-state index contributed by atoms with van der Waals surface area (Å²) in [7, 11) is 0. The van der Waals surface area contributed by atoms with E-state index >= 15 is 0 Å². The fourth-order valence-electron chi connectivity index (χ4n) is 0.838. The summed E-state index contributed by atoms with van der Waals surface area (Å²) >= 11 is 5.69. The first-order chi connectivity index (χ1) is 5.25. The maximum atomic E-state index is 10.3. The molecule has 0 amide bonds. The first kappa shape index (κ1) is 11.4. The third kappa shape index (κ3) is 2.47. The summed E-state index contributed by atoms with van der Waals surface area (Å²) in [5, 5.41) is -0.566. The number of nitrogens with zero attached hydrogens (tertiary/aromatic N) is 1. The lowest BCUT2D eigenvalue weighted by molar-refractivity contribution is -0.107. The summed E-state index contributed by atoms with van der Waals surface area (Å²) in [5.41, 5.74) is 1.77. The van der Waals surface area contributed by atoms with Gasteiger partial charge in [-0.3, -0.25) is 4.98 Å². The van der Waals surface area contributed by atoms with Crippen molar-refractivity contribution < 1.29 is 4.79 Å². The summed E-state index contributed by atoms with van der Waals surface area (Å²) in [6.45, 7) is 1.90. The number of halogens is 2. The third-order valence-corrected chi connectivity index (χ3v) is 1.83. The zero-order valence-corrected chi connectivity index (χ0v) is 8.10. The van der Waals surface area contributed by atoms with Gasteiger partial charge in [0, 0.05) is 12.4 Å². The molecule has 1 aromatic rings. The zero-order chi connectivity index (χ0) is 8.27. The molecule has 0 aliphatic rings. The van der Waals surface area contributed by atoms with Gasteiger partial charge in [-0.2, -0.15) is 0 Å². The first-order valence-electron chi connectivity index (χ1n) is 3.25. The number of carbonyl (C=O) groups excluding carboxylic acids is 1. The highest BCUT2D eigenvalue weighted by molar-refractivity contribution is 6.27. The van der Waals surface area contributed by atoms with Crippen LogP contribution in [0.15, 0.2) is 18.5 Å². The number of hydrogen-bond acceptors (Lipinski definition) is 2. The Kier molecular flexibility index (Phi) is 4.86. The molecule has 0 N–H and O–H groups in total. The molecule has 0 spiro atoms. The Morgan fingerprint density at radius 1 is 1.67 bits per heavy atom. The van der Waals surface area contributed by atoms with E-state index in [1.165, 1.54) is 0 Å². The van der Waals surface area contributed by atoms with E-state index in [0.29, 0.717) is 6.29 Å². The molecule has 0 aromatic carbocycles. The molecule has 1 aromatic heterocycles. The van der Waals surface area contributed by atoms with Gasteiger partial charge >= 0.3 is 0 Å². The summed E-state index contributed by atoms with van der Waals surface area (Å²) in [4.78, 5) is 14.2. The minimum absolute atomic E-state index is 0. The number of aryl methyl sites for hydroxylation is 1. The number of pyridine rings is 1. The van der Waals surface area contributed by atoms with E-state index in [9.17, 15) is 4.79 Å². The topological polar surface area (TPSA) is 30.0 Å². The Bertz CT molecular complexity index is 265. The zero-order valence-electron chi connectivity index (χ0n) is 6.53. The van der Waals surface area contributed by atoms with Crippen molar-refractivity contribution in [3.05, 3.63) is 29.6 Å². The summed E-state index contributed by atoms with van der Waals surface area (Å²) in [6.07, 6.45) is 3.99. The van der Waals surface area contributed by atoms with Gasteiger partial charge in [-0.1, -0.05) is 0 Å². The molecule has 0 saturated carbocycles. The van der Waals surface area contributed by atoms with Crippen molar-refractivity contribution in [3.8, 4) is 0 Å². The van der Waals surface area contributed by atoms with Crippen LogP contribution in [0, 0.1) is 6.92 Å². The largest absolute Gasteiger partial charge is 0.301 e. The SMILES string of the molecule is Cc1ccncc1C(Cl)C=O.Cl. The van der Waals surface area contributed by atoms with Crippen LogP contribution in [-0.4, -0.2) is 11.3 Å². The molecule has 66 valence electrons.